The van der Waals surface area contributed by atoms with Crippen LogP contribution in [0.1, 0.15) is 57.4 Å². The molecule has 0 saturated carbocycles. The van der Waals surface area contributed by atoms with Gasteiger partial charge < -0.3 is 14.7 Å². The number of carbonyl (C=O) groups is 3. The predicted molar refractivity (Wildman–Crippen MR) is 121 cm³/mol. The van der Waals surface area contributed by atoms with Crippen molar-refractivity contribution in [2.45, 2.75) is 64.8 Å². The molecule has 168 valence electrons. The third kappa shape index (κ3) is 4.63. The summed E-state index contributed by atoms with van der Waals surface area (Å²) in [5.41, 5.74) is 2.01. The lowest BCUT2D eigenvalue weighted by atomic mass is 9.91. The Balaban J connectivity index is 1.31. The maximum atomic E-state index is 13.1. The molecule has 1 aromatic rings. The summed E-state index contributed by atoms with van der Waals surface area (Å²) >= 11 is 0. The first-order valence-electron chi connectivity index (χ1n) is 11.9. The molecule has 3 fully saturated rings. The number of anilines is 1. The average molecular weight is 426 g/mol. The monoisotopic (exact) mass is 425 g/mol. The molecular formula is C25H35N3O3. The Bertz CT molecular complexity index is 814. The van der Waals surface area contributed by atoms with Crippen LogP contribution >= 0.6 is 0 Å². The van der Waals surface area contributed by atoms with Gasteiger partial charge >= 0.3 is 0 Å². The zero-order valence-corrected chi connectivity index (χ0v) is 18.9. The summed E-state index contributed by atoms with van der Waals surface area (Å²) < 4.78 is 0. The van der Waals surface area contributed by atoms with Crippen LogP contribution in [0.5, 0.6) is 0 Å². The Morgan fingerprint density at radius 2 is 1.65 bits per heavy atom. The molecule has 0 N–H and O–H groups in total. The molecular weight excluding hydrogens is 390 g/mol. The van der Waals surface area contributed by atoms with E-state index in [9.17, 15) is 14.4 Å². The first-order chi connectivity index (χ1) is 15.0. The van der Waals surface area contributed by atoms with Crippen molar-refractivity contribution < 1.29 is 14.4 Å². The van der Waals surface area contributed by atoms with Crippen LogP contribution in [0.15, 0.2) is 24.3 Å². The van der Waals surface area contributed by atoms with Crippen LogP contribution in [-0.4, -0.2) is 59.7 Å². The quantitative estimate of drug-likeness (QED) is 0.743. The van der Waals surface area contributed by atoms with Gasteiger partial charge in [0, 0.05) is 50.2 Å². The van der Waals surface area contributed by atoms with E-state index in [1.54, 1.807) is 4.90 Å². The minimum atomic E-state index is -0.285. The Hall–Kier alpha value is -2.37. The molecule has 2 atom stereocenters. The molecule has 0 unspecified atom stereocenters. The van der Waals surface area contributed by atoms with Crippen molar-refractivity contribution in [2.75, 3.05) is 31.1 Å². The summed E-state index contributed by atoms with van der Waals surface area (Å²) in [6, 6.07) is 8.26. The maximum Gasteiger partial charge on any atom is 0.228 e. The lowest BCUT2D eigenvalue weighted by Crippen LogP contribution is -2.50. The largest absolute Gasteiger partial charge is 0.342 e. The molecule has 4 rings (SSSR count). The zero-order chi connectivity index (χ0) is 22.0. The summed E-state index contributed by atoms with van der Waals surface area (Å²) in [5, 5.41) is 0. The number of piperidine rings is 2. The van der Waals surface area contributed by atoms with E-state index in [0.29, 0.717) is 31.6 Å². The second kappa shape index (κ2) is 9.41. The normalized spacial score (nSPS) is 25.2. The molecule has 3 saturated heterocycles. The molecule has 0 radical (unpaired) electrons. The third-order valence-electron chi connectivity index (χ3n) is 7.36. The zero-order valence-electron chi connectivity index (χ0n) is 18.9. The van der Waals surface area contributed by atoms with Gasteiger partial charge in [-0.15, -0.1) is 0 Å². The molecule has 3 aliphatic rings. The summed E-state index contributed by atoms with van der Waals surface area (Å²) in [6.07, 6.45) is 6.21. The van der Waals surface area contributed by atoms with Gasteiger partial charge in [0.05, 0.1) is 5.92 Å². The lowest BCUT2D eigenvalue weighted by Gasteiger charge is -2.40. The fourth-order valence-corrected chi connectivity index (χ4v) is 5.40. The molecule has 0 spiro atoms. The van der Waals surface area contributed by atoms with Crippen LogP contribution in [0.3, 0.4) is 0 Å². The van der Waals surface area contributed by atoms with Crippen molar-refractivity contribution >= 4 is 23.4 Å². The summed E-state index contributed by atoms with van der Waals surface area (Å²) in [5.74, 6) is 0.125. The Morgan fingerprint density at radius 3 is 2.32 bits per heavy atom. The van der Waals surface area contributed by atoms with E-state index in [0.717, 1.165) is 49.9 Å². The summed E-state index contributed by atoms with van der Waals surface area (Å²) in [4.78, 5) is 44.5. The van der Waals surface area contributed by atoms with Gasteiger partial charge in [-0.05, 0) is 57.6 Å². The Labute approximate surface area is 185 Å². The fourth-order valence-electron chi connectivity index (χ4n) is 5.40. The summed E-state index contributed by atoms with van der Waals surface area (Å²) in [6.45, 7) is 6.76. The first-order valence-corrected chi connectivity index (χ1v) is 11.9. The van der Waals surface area contributed by atoms with E-state index in [1.165, 1.54) is 6.42 Å². The van der Waals surface area contributed by atoms with E-state index >= 15 is 0 Å². The molecule has 0 aliphatic carbocycles. The first kappa shape index (κ1) is 21.8. The second-order valence-corrected chi connectivity index (χ2v) is 9.43. The van der Waals surface area contributed by atoms with Crippen LogP contribution in [0.2, 0.25) is 0 Å². The molecule has 3 heterocycles. The van der Waals surface area contributed by atoms with Gasteiger partial charge in [-0.25, -0.2) is 0 Å². The van der Waals surface area contributed by atoms with E-state index in [2.05, 4.69) is 11.8 Å². The Kier molecular flexibility index (Phi) is 6.63. The van der Waals surface area contributed by atoms with Crippen LogP contribution in [0.4, 0.5) is 5.69 Å². The van der Waals surface area contributed by atoms with Crippen molar-refractivity contribution in [2.24, 2.45) is 11.8 Å². The molecule has 3 aliphatic heterocycles. The number of rotatable bonds is 4. The molecule has 6 nitrogen and oxygen atoms in total. The smallest absolute Gasteiger partial charge is 0.228 e. The number of amides is 3. The highest BCUT2D eigenvalue weighted by Crippen LogP contribution is 2.30. The number of nitrogens with zero attached hydrogens (tertiary/aromatic N) is 3. The van der Waals surface area contributed by atoms with Gasteiger partial charge in [0.2, 0.25) is 17.7 Å². The highest BCUT2D eigenvalue weighted by Gasteiger charge is 2.39. The van der Waals surface area contributed by atoms with Gasteiger partial charge in [0.1, 0.15) is 0 Å². The van der Waals surface area contributed by atoms with Gasteiger partial charge in [0.15, 0.2) is 0 Å². The van der Waals surface area contributed by atoms with Gasteiger partial charge in [-0.1, -0.05) is 24.6 Å². The highest BCUT2D eigenvalue weighted by atomic mass is 16.2. The van der Waals surface area contributed by atoms with E-state index in [4.69, 9.17) is 0 Å². The number of carbonyl (C=O) groups excluding carboxylic acids is 3. The summed E-state index contributed by atoms with van der Waals surface area (Å²) in [7, 11) is 0. The molecule has 6 heteroatoms. The third-order valence-corrected chi connectivity index (χ3v) is 7.36. The number of benzene rings is 1. The molecule has 0 aromatic heterocycles. The van der Waals surface area contributed by atoms with Crippen LogP contribution < -0.4 is 4.90 Å². The molecule has 1 aromatic carbocycles. The van der Waals surface area contributed by atoms with Crippen molar-refractivity contribution in [3.05, 3.63) is 29.8 Å². The SMILES string of the molecule is CC[C@H]1CCCCN1C(=O)C1CCN(C(=O)[C@H]2CC(=O)N(c3ccc(C)cc3)C2)CC1. The standard InChI is InChI=1S/C25H35N3O3/c1-3-21-6-4-5-13-27(21)25(31)19-11-14-26(15-12-19)24(30)20-16-23(29)28(17-20)22-9-7-18(2)8-10-22/h7-10,19-21H,3-6,11-17H2,1-2H3/t20-,21-/m0/s1. The van der Waals surface area contributed by atoms with Crippen LogP contribution in [0, 0.1) is 18.8 Å². The van der Waals surface area contributed by atoms with E-state index in [-0.39, 0.29) is 30.1 Å². The van der Waals surface area contributed by atoms with E-state index < -0.39 is 0 Å². The van der Waals surface area contributed by atoms with Gasteiger partial charge in [-0.3, -0.25) is 14.4 Å². The maximum absolute atomic E-state index is 13.1. The topological polar surface area (TPSA) is 60.9 Å². The number of hydrogen-bond donors (Lipinski definition) is 0. The molecule has 31 heavy (non-hydrogen) atoms. The number of likely N-dealkylation sites (tertiary alicyclic amines) is 2. The van der Waals surface area contributed by atoms with Crippen molar-refractivity contribution in [1.82, 2.24) is 9.80 Å². The number of aryl methyl sites for hydroxylation is 1. The Morgan fingerprint density at radius 1 is 0.935 bits per heavy atom. The van der Waals surface area contributed by atoms with Crippen LogP contribution in [-0.2, 0) is 14.4 Å². The molecule has 0 bridgehead atoms. The number of hydrogen-bond acceptors (Lipinski definition) is 3. The van der Waals surface area contributed by atoms with E-state index in [1.807, 2.05) is 36.1 Å². The van der Waals surface area contributed by atoms with Gasteiger partial charge in [0.25, 0.3) is 0 Å². The van der Waals surface area contributed by atoms with Crippen molar-refractivity contribution in [3.63, 3.8) is 0 Å². The van der Waals surface area contributed by atoms with Crippen LogP contribution in [0.25, 0.3) is 0 Å². The predicted octanol–water partition coefficient (Wildman–Crippen LogP) is 3.38. The molecule has 3 amide bonds. The fraction of sp³-hybridized carbons (Fsp3) is 0.640. The highest BCUT2D eigenvalue weighted by molar-refractivity contribution is 6.00. The average Bonchev–Trinajstić information content (AvgIpc) is 3.20. The van der Waals surface area contributed by atoms with Crippen molar-refractivity contribution in [1.29, 1.82) is 0 Å². The van der Waals surface area contributed by atoms with Gasteiger partial charge in [-0.2, -0.15) is 0 Å². The minimum Gasteiger partial charge on any atom is -0.342 e. The minimum absolute atomic E-state index is 0.0166. The second-order valence-electron chi connectivity index (χ2n) is 9.43. The lowest BCUT2D eigenvalue weighted by molar-refractivity contribution is -0.144. The van der Waals surface area contributed by atoms with Crippen molar-refractivity contribution in [3.8, 4) is 0 Å².